The lowest BCUT2D eigenvalue weighted by Gasteiger charge is -2.15. The van der Waals surface area contributed by atoms with Gasteiger partial charge in [-0.15, -0.1) is 11.3 Å². The summed E-state index contributed by atoms with van der Waals surface area (Å²) in [7, 11) is 2.06. The molecule has 0 bridgehead atoms. The summed E-state index contributed by atoms with van der Waals surface area (Å²) in [4.78, 5) is 16.2. The standard InChI is InChI=1S/C13H19N5S/c1-9(2)12-15-4-10(5-16-12)7-18(3)8-11-6-17-13(14)19-11/h4-6,9H,7-8H2,1-3H3,(H2,14,17). The van der Waals surface area contributed by atoms with E-state index in [9.17, 15) is 0 Å². The van der Waals surface area contributed by atoms with E-state index in [1.165, 1.54) is 16.2 Å². The van der Waals surface area contributed by atoms with Gasteiger partial charge in [0.2, 0.25) is 0 Å². The van der Waals surface area contributed by atoms with Crippen molar-refractivity contribution in [2.45, 2.75) is 32.9 Å². The third-order valence-electron chi connectivity index (χ3n) is 2.69. The van der Waals surface area contributed by atoms with Gasteiger partial charge in [-0.05, 0) is 7.05 Å². The first kappa shape index (κ1) is 13.9. The van der Waals surface area contributed by atoms with Crippen molar-refractivity contribution < 1.29 is 0 Å². The number of hydrogen-bond donors (Lipinski definition) is 1. The van der Waals surface area contributed by atoms with Gasteiger partial charge in [0.1, 0.15) is 5.82 Å². The Kier molecular flexibility index (Phi) is 4.44. The summed E-state index contributed by atoms with van der Waals surface area (Å²) in [5, 5.41) is 0.619. The van der Waals surface area contributed by atoms with Crippen LogP contribution in [0.4, 0.5) is 5.13 Å². The summed E-state index contributed by atoms with van der Waals surface area (Å²) in [6.45, 7) is 5.83. The lowest BCUT2D eigenvalue weighted by Crippen LogP contribution is -2.17. The fourth-order valence-corrected chi connectivity index (χ4v) is 2.54. The third-order valence-corrected chi connectivity index (χ3v) is 3.50. The molecule has 0 fully saturated rings. The van der Waals surface area contributed by atoms with Crippen LogP contribution in [0.25, 0.3) is 0 Å². The lowest BCUT2D eigenvalue weighted by atomic mass is 10.2. The molecule has 2 heterocycles. The van der Waals surface area contributed by atoms with Gasteiger partial charge in [-0.2, -0.15) is 0 Å². The van der Waals surface area contributed by atoms with Crippen molar-refractivity contribution in [2.24, 2.45) is 0 Å². The van der Waals surface area contributed by atoms with Crippen LogP contribution in [0.1, 0.15) is 36.0 Å². The third kappa shape index (κ3) is 3.97. The molecule has 2 rings (SSSR count). The molecule has 6 heteroatoms. The van der Waals surface area contributed by atoms with E-state index in [0.717, 1.165) is 24.5 Å². The molecule has 0 saturated carbocycles. The second-order valence-corrected chi connectivity index (χ2v) is 6.09. The summed E-state index contributed by atoms with van der Waals surface area (Å²) in [6.07, 6.45) is 5.63. The second kappa shape index (κ2) is 6.08. The molecular formula is C13H19N5S. The van der Waals surface area contributed by atoms with Crippen LogP contribution in [0.15, 0.2) is 18.6 Å². The molecule has 19 heavy (non-hydrogen) atoms. The van der Waals surface area contributed by atoms with Crippen LogP contribution in [0.5, 0.6) is 0 Å². The fraction of sp³-hybridized carbons (Fsp3) is 0.462. The number of anilines is 1. The van der Waals surface area contributed by atoms with Crippen LogP contribution in [-0.2, 0) is 13.1 Å². The van der Waals surface area contributed by atoms with Crippen LogP contribution in [0, 0.1) is 0 Å². The Bertz CT molecular complexity index is 520. The Morgan fingerprint density at radius 1 is 1.16 bits per heavy atom. The topological polar surface area (TPSA) is 67.9 Å². The van der Waals surface area contributed by atoms with E-state index in [4.69, 9.17) is 5.73 Å². The van der Waals surface area contributed by atoms with Gasteiger partial charge in [-0.25, -0.2) is 15.0 Å². The fourth-order valence-electron chi connectivity index (χ4n) is 1.77. The summed E-state index contributed by atoms with van der Waals surface area (Å²) in [6, 6.07) is 0. The normalized spacial score (nSPS) is 11.4. The predicted octanol–water partition coefficient (Wildman–Crippen LogP) is 2.27. The van der Waals surface area contributed by atoms with Crippen LogP contribution in [-0.4, -0.2) is 26.9 Å². The van der Waals surface area contributed by atoms with E-state index in [0.29, 0.717) is 11.0 Å². The van der Waals surface area contributed by atoms with Crippen LogP contribution >= 0.6 is 11.3 Å². The zero-order chi connectivity index (χ0) is 13.8. The molecule has 0 saturated heterocycles. The summed E-state index contributed by atoms with van der Waals surface area (Å²) in [5.74, 6) is 1.26. The molecule has 0 spiro atoms. The number of rotatable bonds is 5. The molecule has 2 N–H and O–H groups in total. The molecule has 0 aliphatic rings. The van der Waals surface area contributed by atoms with Crippen molar-refractivity contribution >= 4 is 16.5 Å². The van der Waals surface area contributed by atoms with E-state index in [-0.39, 0.29) is 0 Å². The number of thiazole rings is 1. The van der Waals surface area contributed by atoms with Crippen molar-refractivity contribution in [3.63, 3.8) is 0 Å². The molecule has 0 aliphatic heterocycles. The van der Waals surface area contributed by atoms with Crippen molar-refractivity contribution in [2.75, 3.05) is 12.8 Å². The maximum absolute atomic E-state index is 5.62. The van der Waals surface area contributed by atoms with E-state index >= 15 is 0 Å². The molecule has 2 aromatic heterocycles. The molecule has 102 valence electrons. The highest BCUT2D eigenvalue weighted by Crippen LogP contribution is 2.17. The Balaban J connectivity index is 1.93. The minimum absolute atomic E-state index is 0.368. The largest absolute Gasteiger partial charge is 0.375 e. The maximum atomic E-state index is 5.62. The van der Waals surface area contributed by atoms with Crippen LogP contribution in [0.3, 0.4) is 0 Å². The van der Waals surface area contributed by atoms with Gasteiger partial charge in [0.25, 0.3) is 0 Å². The summed E-state index contributed by atoms with van der Waals surface area (Å²) in [5.41, 5.74) is 6.74. The first-order valence-electron chi connectivity index (χ1n) is 6.24. The zero-order valence-corrected chi connectivity index (χ0v) is 12.3. The first-order valence-corrected chi connectivity index (χ1v) is 7.06. The van der Waals surface area contributed by atoms with E-state index < -0.39 is 0 Å². The smallest absolute Gasteiger partial charge is 0.180 e. The van der Waals surface area contributed by atoms with Crippen LogP contribution in [0.2, 0.25) is 0 Å². The van der Waals surface area contributed by atoms with Gasteiger partial charge in [0.05, 0.1) is 0 Å². The van der Waals surface area contributed by atoms with Crippen molar-refractivity contribution in [1.82, 2.24) is 19.9 Å². The molecule has 0 aliphatic carbocycles. The number of hydrogen-bond acceptors (Lipinski definition) is 6. The van der Waals surface area contributed by atoms with Gasteiger partial charge < -0.3 is 5.73 Å². The molecular weight excluding hydrogens is 258 g/mol. The predicted molar refractivity (Wildman–Crippen MR) is 77.8 cm³/mol. The number of nitrogen functional groups attached to an aromatic ring is 1. The monoisotopic (exact) mass is 277 g/mol. The van der Waals surface area contributed by atoms with E-state index in [2.05, 4.69) is 40.7 Å². The molecule has 0 atom stereocenters. The van der Waals surface area contributed by atoms with Gasteiger partial charge in [-0.3, -0.25) is 4.90 Å². The maximum Gasteiger partial charge on any atom is 0.180 e. The van der Waals surface area contributed by atoms with Gasteiger partial charge >= 0.3 is 0 Å². The number of nitrogens with two attached hydrogens (primary N) is 1. The Labute approximate surface area is 117 Å². The summed E-state index contributed by atoms with van der Waals surface area (Å²) >= 11 is 1.53. The molecule has 0 radical (unpaired) electrons. The van der Waals surface area contributed by atoms with Gasteiger partial charge in [0, 0.05) is 48.0 Å². The zero-order valence-electron chi connectivity index (χ0n) is 11.5. The molecule has 0 amide bonds. The molecule has 0 aromatic carbocycles. The van der Waals surface area contributed by atoms with E-state index in [1.807, 2.05) is 18.6 Å². The lowest BCUT2D eigenvalue weighted by molar-refractivity contribution is 0.321. The Morgan fingerprint density at radius 2 is 1.84 bits per heavy atom. The SMILES string of the molecule is CC(C)c1ncc(CN(C)Cc2cnc(N)s2)cn1. The average molecular weight is 277 g/mol. The molecule has 0 unspecified atom stereocenters. The Hall–Kier alpha value is -1.53. The van der Waals surface area contributed by atoms with Crippen molar-refractivity contribution in [1.29, 1.82) is 0 Å². The quantitative estimate of drug-likeness (QED) is 0.908. The Morgan fingerprint density at radius 3 is 2.37 bits per heavy atom. The molecule has 2 aromatic rings. The van der Waals surface area contributed by atoms with Gasteiger partial charge in [-0.1, -0.05) is 13.8 Å². The van der Waals surface area contributed by atoms with Gasteiger partial charge in [0.15, 0.2) is 5.13 Å². The average Bonchev–Trinajstić information content (AvgIpc) is 2.75. The molecule has 5 nitrogen and oxygen atoms in total. The highest BCUT2D eigenvalue weighted by molar-refractivity contribution is 7.15. The first-order chi connectivity index (χ1) is 9.04. The number of nitrogens with zero attached hydrogens (tertiary/aromatic N) is 4. The number of aromatic nitrogens is 3. The highest BCUT2D eigenvalue weighted by atomic mass is 32.1. The second-order valence-electron chi connectivity index (χ2n) is 4.94. The minimum Gasteiger partial charge on any atom is -0.375 e. The van der Waals surface area contributed by atoms with Crippen molar-refractivity contribution in [3.8, 4) is 0 Å². The minimum atomic E-state index is 0.368. The van der Waals surface area contributed by atoms with Crippen molar-refractivity contribution in [3.05, 3.63) is 34.9 Å². The van der Waals surface area contributed by atoms with E-state index in [1.54, 1.807) is 0 Å². The highest BCUT2D eigenvalue weighted by Gasteiger charge is 2.07. The van der Waals surface area contributed by atoms with Crippen LogP contribution < -0.4 is 5.73 Å². The summed E-state index contributed by atoms with van der Waals surface area (Å²) < 4.78 is 0.